The molecule has 1 atom stereocenters. The molecule has 0 radical (unpaired) electrons. The average Bonchev–Trinajstić information content (AvgIpc) is 2.55. The zero-order chi connectivity index (χ0) is 21.6. The van der Waals surface area contributed by atoms with Gasteiger partial charge in [0.15, 0.2) is 8.32 Å². The van der Waals surface area contributed by atoms with Gasteiger partial charge in [-0.25, -0.2) is 4.79 Å². The molecule has 0 aromatic rings. The minimum atomic E-state index is -1.89. The minimum Gasteiger partial charge on any atom is -0.452 e. The van der Waals surface area contributed by atoms with Crippen LogP contribution in [0.1, 0.15) is 27.2 Å². The van der Waals surface area contributed by atoms with E-state index in [1.54, 1.807) is 4.90 Å². The molecule has 0 aliphatic carbocycles. The molecule has 0 saturated heterocycles. The Morgan fingerprint density at radius 3 is 2.36 bits per heavy atom. The van der Waals surface area contributed by atoms with Crippen LogP contribution in [0.2, 0.25) is 43.8 Å². The Labute approximate surface area is 173 Å². The molecule has 0 N–H and O–H groups in total. The van der Waals surface area contributed by atoms with Gasteiger partial charge in [-0.05, 0) is 36.7 Å². The fourth-order valence-electron chi connectivity index (χ4n) is 2.52. The van der Waals surface area contributed by atoms with Gasteiger partial charge >= 0.3 is 6.09 Å². The lowest BCUT2D eigenvalue weighted by Crippen LogP contribution is -2.46. The molecule has 0 bridgehead atoms. The number of ether oxygens (including phenoxy) is 3. The van der Waals surface area contributed by atoms with Crippen LogP contribution in [0.3, 0.4) is 0 Å². The maximum Gasteiger partial charge on any atom is 0.413 e. The number of rotatable bonds is 9. The van der Waals surface area contributed by atoms with Gasteiger partial charge in [-0.1, -0.05) is 40.4 Å². The number of carbonyl (C=O) groups excluding carboxylic acids is 1. The van der Waals surface area contributed by atoms with Crippen molar-refractivity contribution in [2.75, 3.05) is 33.7 Å². The first kappa shape index (κ1) is 25.4. The lowest BCUT2D eigenvalue weighted by molar-refractivity contribution is -0.0466. The third-order valence-corrected chi connectivity index (χ3v) is 11.6. The highest BCUT2D eigenvalue weighted by atomic mass is 28.4. The first-order valence-electron chi connectivity index (χ1n) is 10.2. The summed E-state index contributed by atoms with van der Waals surface area (Å²) in [6.07, 6.45) is 2.41. The molecule has 0 aromatic heterocycles. The van der Waals surface area contributed by atoms with Crippen molar-refractivity contribution in [3.8, 4) is 0 Å². The van der Waals surface area contributed by atoms with Crippen LogP contribution in [-0.2, 0) is 18.6 Å². The quantitative estimate of drug-likeness (QED) is 0.290. The van der Waals surface area contributed by atoms with Gasteiger partial charge in [0.05, 0.1) is 19.8 Å². The van der Waals surface area contributed by atoms with Gasteiger partial charge < -0.3 is 18.6 Å². The normalized spacial score (nSPS) is 18.8. The number of amides is 1. The second-order valence-corrected chi connectivity index (χ2v) is 20.5. The maximum atomic E-state index is 12.1. The fourth-order valence-corrected chi connectivity index (χ4v) is 4.58. The van der Waals surface area contributed by atoms with Gasteiger partial charge in [-0.2, -0.15) is 0 Å². The summed E-state index contributed by atoms with van der Waals surface area (Å²) in [4.78, 5) is 13.8. The smallest absolute Gasteiger partial charge is 0.413 e. The molecule has 0 fully saturated rings. The van der Waals surface area contributed by atoms with E-state index in [1.807, 2.05) is 6.08 Å². The van der Waals surface area contributed by atoms with E-state index < -0.39 is 16.4 Å². The van der Waals surface area contributed by atoms with Crippen LogP contribution in [-0.4, -0.2) is 67.1 Å². The highest BCUT2D eigenvalue weighted by Crippen LogP contribution is 2.38. The average molecular weight is 432 g/mol. The topological polar surface area (TPSA) is 57.2 Å². The molecule has 0 aromatic carbocycles. The Kier molecular flexibility index (Phi) is 9.40. The van der Waals surface area contributed by atoms with E-state index in [0.29, 0.717) is 19.8 Å². The predicted octanol–water partition coefficient (Wildman–Crippen LogP) is 5.06. The molecular weight excluding hydrogens is 390 g/mol. The summed E-state index contributed by atoms with van der Waals surface area (Å²) >= 11 is 0. The number of hydrogen-bond acceptors (Lipinski definition) is 5. The van der Waals surface area contributed by atoms with Gasteiger partial charge in [0.2, 0.25) is 0 Å². The highest BCUT2D eigenvalue weighted by Gasteiger charge is 2.40. The molecule has 6 nitrogen and oxygen atoms in total. The van der Waals surface area contributed by atoms with Crippen molar-refractivity contribution in [1.82, 2.24) is 4.90 Å². The Morgan fingerprint density at radius 2 is 1.82 bits per heavy atom. The lowest BCUT2D eigenvalue weighted by Gasteiger charge is -2.40. The van der Waals surface area contributed by atoms with Crippen LogP contribution in [0.15, 0.2) is 11.8 Å². The molecule has 164 valence electrons. The SMILES string of the molecule is COC(=O)N1CC[C@@H](O[Si](C)(C)C(C)(C)C)C=C1COCOCC[Si](C)(C)C. The second kappa shape index (κ2) is 10.4. The van der Waals surface area contributed by atoms with Gasteiger partial charge in [0, 0.05) is 26.9 Å². The molecule has 0 unspecified atom stereocenters. The third-order valence-electron chi connectivity index (χ3n) is 5.42. The minimum absolute atomic E-state index is 0.00629. The Bertz CT molecular complexity index is 538. The first-order chi connectivity index (χ1) is 12.8. The van der Waals surface area contributed by atoms with Crippen LogP contribution >= 0.6 is 0 Å². The molecule has 1 rings (SSSR count). The summed E-state index contributed by atoms with van der Waals surface area (Å²) in [6, 6.07) is 1.11. The van der Waals surface area contributed by atoms with E-state index in [0.717, 1.165) is 18.2 Å². The molecule has 8 heteroatoms. The van der Waals surface area contributed by atoms with E-state index in [2.05, 4.69) is 53.5 Å². The summed E-state index contributed by atoms with van der Waals surface area (Å²) < 4.78 is 22.7. The van der Waals surface area contributed by atoms with E-state index in [1.165, 1.54) is 7.11 Å². The summed E-state index contributed by atoms with van der Waals surface area (Å²) in [6.45, 7) is 20.0. The number of methoxy groups -OCH3 is 1. The van der Waals surface area contributed by atoms with E-state index in [9.17, 15) is 4.79 Å². The molecule has 28 heavy (non-hydrogen) atoms. The fraction of sp³-hybridized carbons (Fsp3) is 0.850. The third kappa shape index (κ3) is 8.36. The van der Waals surface area contributed by atoms with Gasteiger partial charge in [-0.15, -0.1) is 0 Å². The van der Waals surface area contributed by atoms with Gasteiger partial charge in [0.25, 0.3) is 0 Å². The Balaban J connectivity index is 2.69. The maximum absolute atomic E-state index is 12.1. The Hall–Kier alpha value is -0.676. The van der Waals surface area contributed by atoms with Gasteiger partial charge in [0.1, 0.15) is 6.79 Å². The molecule has 1 aliphatic rings. The largest absolute Gasteiger partial charge is 0.452 e. The van der Waals surface area contributed by atoms with Crippen molar-refractivity contribution in [3.05, 3.63) is 11.8 Å². The summed E-state index contributed by atoms with van der Waals surface area (Å²) in [5.41, 5.74) is 0.788. The van der Waals surface area contributed by atoms with Crippen molar-refractivity contribution < 1.29 is 23.4 Å². The molecule has 1 amide bonds. The number of nitrogens with zero attached hydrogens (tertiary/aromatic N) is 1. The van der Waals surface area contributed by atoms with Crippen LogP contribution in [0.25, 0.3) is 0 Å². The zero-order valence-corrected chi connectivity index (χ0v) is 21.4. The molecular formula is C20H41NO5Si2. The van der Waals surface area contributed by atoms with Crippen molar-refractivity contribution in [1.29, 1.82) is 0 Å². The molecule has 0 spiro atoms. The predicted molar refractivity (Wildman–Crippen MR) is 119 cm³/mol. The van der Waals surface area contributed by atoms with Crippen LogP contribution in [0.5, 0.6) is 0 Å². The summed E-state index contributed by atoms with van der Waals surface area (Å²) in [5.74, 6) is 0. The van der Waals surface area contributed by atoms with Crippen molar-refractivity contribution in [2.45, 2.75) is 77.1 Å². The van der Waals surface area contributed by atoms with Gasteiger partial charge in [-0.3, -0.25) is 4.90 Å². The van der Waals surface area contributed by atoms with E-state index in [-0.39, 0.29) is 24.0 Å². The first-order valence-corrected chi connectivity index (χ1v) is 16.8. The van der Waals surface area contributed by atoms with Crippen LogP contribution in [0, 0.1) is 0 Å². The van der Waals surface area contributed by atoms with Crippen molar-refractivity contribution >= 4 is 22.5 Å². The second-order valence-electron chi connectivity index (χ2n) is 10.2. The number of hydrogen-bond donors (Lipinski definition) is 0. The standard InChI is InChI=1S/C20H41NO5Si2/c1-20(2,3)28(8,9)26-18-10-11-21(19(22)23-4)17(14-18)15-25-16-24-12-13-27(5,6)7/h14,18H,10-13,15-16H2,1-9H3/t18-/m1/s1. The monoisotopic (exact) mass is 431 g/mol. The van der Waals surface area contributed by atoms with E-state index >= 15 is 0 Å². The molecule has 1 heterocycles. The summed E-state index contributed by atoms with van der Waals surface area (Å²) in [5, 5.41) is 0.140. The Morgan fingerprint density at radius 1 is 1.18 bits per heavy atom. The molecule has 1 aliphatic heterocycles. The highest BCUT2D eigenvalue weighted by molar-refractivity contribution is 6.76. The lowest BCUT2D eigenvalue weighted by atomic mass is 10.1. The summed E-state index contributed by atoms with van der Waals surface area (Å²) in [7, 11) is -1.59. The zero-order valence-electron chi connectivity index (χ0n) is 19.4. The van der Waals surface area contributed by atoms with Crippen molar-refractivity contribution in [3.63, 3.8) is 0 Å². The van der Waals surface area contributed by atoms with E-state index in [4.69, 9.17) is 18.6 Å². The van der Waals surface area contributed by atoms with Crippen LogP contribution in [0.4, 0.5) is 4.79 Å². The number of carbonyl (C=O) groups is 1. The van der Waals surface area contributed by atoms with Crippen molar-refractivity contribution in [2.24, 2.45) is 0 Å². The molecule has 0 saturated carbocycles. The van der Waals surface area contributed by atoms with Crippen LogP contribution < -0.4 is 0 Å².